The van der Waals surface area contributed by atoms with Crippen LogP contribution in [0.15, 0.2) is 22.7 Å². The maximum absolute atomic E-state index is 9.93. The number of nitrogens with zero attached hydrogens (tertiary/aromatic N) is 1. The third kappa shape index (κ3) is 2.41. The lowest BCUT2D eigenvalue weighted by atomic mass is 9.89. The van der Waals surface area contributed by atoms with E-state index >= 15 is 0 Å². The van der Waals surface area contributed by atoms with E-state index in [1.54, 1.807) is 0 Å². The van der Waals surface area contributed by atoms with Crippen molar-refractivity contribution in [2.45, 2.75) is 31.8 Å². The lowest BCUT2D eigenvalue weighted by Crippen LogP contribution is -2.24. The molecule has 1 aromatic rings. The minimum atomic E-state index is -0.602. The largest absolute Gasteiger partial charge is 0.390 e. The Morgan fingerprint density at radius 3 is 2.81 bits per heavy atom. The van der Waals surface area contributed by atoms with Crippen LogP contribution in [0.2, 0.25) is 0 Å². The fraction of sp³-hybridized carbons (Fsp3) is 0.538. The first-order valence-corrected chi connectivity index (χ1v) is 6.39. The van der Waals surface area contributed by atoms with Crippen LogP contribution in [-0.4, -0.2) is 24.3 Å². The maximum atomic E-state index is 9.93. The van der Waals surface area contributed by atoms with Crippen LogP contribution >= 0.6 is 15.9 Å². The van der Waals surface area contributed by atoms with E-state index in [4.69, 9.17) is 0 Å². The number of likely N-dealkylation sites (N-methyl/N-ethyl adjacent to an activating group) is 1. The Morgan fingerprint density at radius 2 is 2.19 bits per heavy atom. The molecule has 1 aromatic carbocycles. The molecule has 88 valence electrons. The molecule has 0 bridgehead atoms. The van der Waals surface area contributed by atoms with Gasteiger partial charge in [-0.05, 0) is 44.0 Å². The van der Waals surface area contributed by atoms with Gasteiger partial charge in [-0.3, -0.25) is 0 Å². The van der Waals surface area contributed by atoms with E-state index in [2.05, 4.69) is 46.1 Å². The van der Waals surface area contributed by atoms with Crippen molar-refractivity contribution in [2.75, 3.05) is 18.5 Å². The molecular weight excluding hydrogens is 266 g/mol. The molecule has 3 heteroatoms. The van der Waals surface area contributed by atoms with Crippen molar-refractivity contribution in [3.05, 3.63) is 28.2 Å². The fourth-order valence-corrected chi connectivity index (χ4v) is 2.88. The summed E-state index contributed by atoms with van der Waals surface area (Å²) in [6.45, 7) is 4.75. The second kappa shape index (κ2) is 4.04. The summed E-state index contributed by atoms with van der Waals surface area (Å²) in [6.07, 6.45) is 0.806. The van der Waals surface area contributed by atoms with E-state index in [9.17, 15) is 5.11 Å². The first-order valence-electron chi connectivity index (χ1n) is 5.60. The second-order valence-electron chi connectivity index (χ2n) is 5.30. The van der Waals surface area contributed by atoms with E-state index in [0.717, 1.165) is 17.4 Å². The van der Waals surface area contributed by atoms with Gasteiger partial charge >= 0.3 is 0 Å². The Balaban J connectivity index is 2.31. The Kier molecular flexibility index (Phi) is 3.01. The Hall–Kier alpha value is -0.540. The first kappa shape index (κ1) is 11.9. The minimum Gasteiger partial charge on any atom is -0.390 e. The number of aliphatic hydroxyl groups is 1. The van der Waals surface area contributed by atoms with E-state index < -0.39 is 5.60 Å². The van der Waals surface area contributed by atoms with Crippen LogP contribution in [0, 0.1) is 0 Å². The van der Waals surface area contributed by atoms with Crippen molar-refractivity contribution in [1.29, 1.82) is 0 Å². The number of hydrogen-bond donors (Lipinski definition) is 1. The van der Waals surface area contributed by atoms with E-state index in [1.807, 2.05) is 13.8 Å². The van der Waals surface area contributed by atoms with Crippen molar-refractivity contribution >= 4 is 21.6 Å². The van der Waals surface area contributed by atoms with Crippen LogP contribution in [0.1, 0.15) is 31.7 Å². The second-order valence-corrected chi connectivity index (χ2v) is 6.21. The van der Waals surface area contributed by atoms with Gasteiger partial charge in [-0.1, -0.05) is 15.9 Å². The molecule has 0 aliphatic carbocycles. The molecule has 1 N–H and O–H groups in total. The summed E-state index contributed by atoms with van der Waals surface area (Å²) in [5.41, 5.74) is 2.03. The fourth-order valence-electron chi connectivity index (χ4n) is 2.50. The number of anilines is 1. The molecule has 1 atom stereocenters. The molecule has 16 heavy (non-hydrogen) atoms. The first-order chi connectivity index (χ1) is 7.37. The van der Waals surface area contributed by atoms with Crippen molar-refractivity contribution < 1.29 is 5.11 Å². The van der Waals surface area contributed by atoms with Gasteiger partial charge in [-0.2, -0.15) is 0 Å². The number of rotatable bonds is 2. The third-order valence-electron chi connectivity index (χ3n) is 3.08. The van der Waals surface area contributed by atoms with Crippen LogP contribution in [0.3, 0.4) is 0 Å². The van der Waals surface area contributed by atoms with Crippen LogP contribution in [0.5, 0.6) is 0 Å². The number of hydrogen-bond acceptors (Lipinski definition) is 2. The van der Waals surface area contributed by atoms with Crippen LogP contribution in [0.25, 0.3) is 0 Å². The average Bonchev–Trinajstić information content (AvgIpc) is 2.40. The summed E-state index contributed by atoms with van der Waals surface area (Å²) in [5, 5.41) is 9.93. The highest BCUT2D eigenvalue weighted by Gasteiger charge is 2.30. The standard InChI is InChI=1S/C13H18BrNO/c1-13(2,16)7-9-8-15(3)12-5-4-10(14)6-11(9)12/h4-6,9,16H,7-8H2,1-3H3. The van der Waals surface area contributed by atoms with Gasteiger partial charge in [-0.25, -0.2) is 0 Å². The lowest BCUT2D eigenvalue weighted by Gasteiger charge is -2.22. The predicted octanol–water partition coefficient (Wildman–Crippen LogP) is 3.14. The molecule has 0 saturated heterocycles. The van der Waals surface area contributed by atoms with Crippen molar-refractivity contribution in [3.63, 3.8) is 0 Å². The number of halogens is 1. The van der Waals surface area contributed by atoms with E-state index in [1.165, 1.54) is 11.3 Å². The molecule has 0 radical (unpaired) electrons. The third-order valence-corrected chi connectivity index (χ3v) is 3.57. The zero-order valence-corrected chi connectivity index (χ0v) is 11.6. The molecule has 0 spiro atoms. The van der Waals surface area contributed by atoms with Gasteiger partial charge in [0.25, 0.3) is 0 Å². The quantitative estimate of drug-likeness (QED) is 0.901. The van der Waals surface area contributed by atoms with Gasteiger partial charge < -0.3 is 10.0 Å². The highest BCUT2D eigenvalue weighted by molar-refractivity contribution is 9.10. The summed E-state index contributed by atoms with van der Waals surface area (Å²) >= 11 is 3.51. The molecule has 2 rings (SSSR count). The van der Waals surface area contributed by atoms with Gasteiger partial charge in [0, 0.05) is 29.7 Å². The molecule has 0 amide bonds. The molecule has 0 aromatic heterocycles. The monoisotopic (exact) mass is 283 g/mol. The maximum Gasteiger partial charge on any atom is 0.0598 e. The van der Waals surface area contributed by atoms with Gasteiger partial charge in [0.2, 0.25) is 0 Å². The molecule has 0 fully saturated rings. The molecule has 2 nitrogen and oxygen atoms in total. The Bertz CT molecular complexity index is 397. The van der Waals surface area contributed by atoms with Crippen LogP contribution in [0.4, 0.5) is 5.69 Å². The SMILES string of the molecule is CN1CC(CC(C)(C)O)c2cc(Br)ccc21. The van der Waals surface area contributed by atoms with E-state index in [0.29, 0.717) is 5.92 Å². The van der Waals surface area contributed by atoms with Gasteiger partial charge in [-0.15, -0.1) is 0 Å². The molecule has 1 aliphatic heterocycles. The zero-order chi connectivity index (χ0) is 11.9. The summed E-state index contributed by atoms with van der Waals surface area (Å²) in [5.74, 6) is 0.428. The van der Waals surface area contributed by atoms with Crippen LogP contribution < -0.4 is 4.90 Å². The topological polar surface area (TPSA) is 23.5 Å². The lowest BCUT2D eigenvalue weighted by molar-refractivity contribution is 0.0644. The molecular formula is C13H18BrNO. The molecule has 1 aliphatic rings. The minimum absolute atomic E-state index is 0.428. The zero-order valence-electron chi connectivity index (χ0n) is 10.00. The molecule has 1 heterocycles. The molecule has 0 saturated carbocycles. The van der Waals surface area contributed by atoms with Crippen molar-refractivity contribution in [1.82, 2.24) is 0 Å². The summed E-state index contributed by atoms with van der Waals surface area (Å²) in [6, 6.07) is 6.39. The highest BCUT2D eigenvalue weighted by atomic mass is 79.9. The number of fused-ring (bicyclic) bond motifs is 1. The molecule has 1 unspecified atom stereocenters. The smallest absolute Gasteiger partial charge is 0.0598 e. The van der Waals surface area contributed by atoms with Gasteiger partial charge in [0.1, 0.15) is 0 Å². The van der Waals surface area contributed by atoms with Crippen molar-refractivity contribution in [2.24, 2.45) is 0 Å². The normalized spacial score (nSPS) is 20.1. The van der Waals surface area contributed by atoms with Gasteiger partial charge in [0.15, 0.2) is 0 Å². The van der Waals surface area contributed by atoms with E-state index in [-0.39, 0.29) is 0 Å². The predicted molar refractivity (Wildman–Crippen MR) is 71.1 cm³/mol. The Morgan fingerprint density at radius 1 is 1.50 bits per heavy atom. The summed E-state index contributed by atoms with van der Waals surface area (Å²) in [4.78, 5) is 2.26. The van der Waals surface area contributed by atoms with Crippen molar-refractivity contribution in [3.8, 4) is 0 Å². The average molecular weight is 284 g/mol. The van der Waals surface area contributed by atoms with Crippen LogP contribution in [-0.2, 0) is 0 Å². The highest BCUT2D eigenvalue weighted by Crippen LogP contribution is 2.40. The number of benzene rings is 1. The van der Waals surface area contributed by atoms with Gasteiger partial charge in [0.05, 0.1) is 5.60 Å². The Labute approximate surface area is 105 Å². The summed E-state index contributed by atoms with van der Waals surface area (Å²) in [7, 11) is 2.11. The summed E-state index contributed by atoms with van der Waals surface area (Å²) < 4.78 is 1.11.